The monoisotopic (exact) mass is 585 g/mol. The quantitative estimate of drug-likeness (QED) is 0.273. The van der Waals surface area contributed by atoms with Crippen molar-refractivity contribution >= 4 is 5.91 Å². The highest BCUT2D eigenvalue weighted by atomic mass is 19.4. The number of rotatable bonds is 13. The molecule has 0 bridgehead atoms. The Morgan fingerprint density at radius 1 is 0.810 bits per heavy atom. The summed E-state index contributed by atoms with van der Waals surface area (Å²) in [5.41, 5.74) is 2.58. The molecular weight excluding hydrogens is 551 g/mol. The standard InChI is InChI=1S/C32H34F3NO6/c1-3-25(36-31(37)32(33,34)35)26-27(39-19-22-13-7-4-8-14-22)28(40-20-23-15-9-5-10-16-23)29(30(38-2)42-26)41-21-24-17-11-6-12-18-24/h3-18,25-30H,1,19-21H2,2H3,(H,36,37)/t25?,26-,27-,28+,29-,30+/m1/s1. The molecule has 1 amide bonds. The summed E-state index contributed by atoms with van der Waals surface area (Å²) < 4.78 is 70.6. The first-order chi connectivity index (χ1) is 20.3. The van der Waals surface area contributed by atoms with Crippen molar-refractivity contribution in [2.24, 2.45) is 0 Å². The third-order valence-corrected chi connectivity index (χ3v) is 6.78. The Morgan fingerprint density at radius 3 is 1.64 bits per heavy atom. The Balaban J connectivity index is 1.68. The van der Waals surface area contributed by atoms with Crippen molar-refractivity contribution in [2.45, 2.75) is 62.7 Å². The van der Waals surface area contributed by atoms with E-state index in [9.17, 15) is 18.0 Å². The van der Waals surface area contributed by atoms with Gasteiger partial charge in [-0.2, -0.15) is 13.2 Å². The third kappa shape index (κ3) is 8.50. The van der Waals surface area contributed by atoms with Crippen LogP contribution in [0.2, 0.25) is 0 Å². The van der Waals surface area contributed by atoms with Crippen LogP contribution in [0.25, 0.3) is 0 Å². The maximum Gasteiger partial charge on any atom is 0.471 e. The van der Waals surface area contributed by atoms with E-state index in [0.29, 0.717) is 0 Å². The number of nitrogens with one attached hydrogen (secondary N) is 1. The molecule has 224 valence electrons. The van der Waals surface area contributed by atoms with Gasteiger partial charge in [0.05, 0.1) is 25.9 Å². The fourth-order valence-corrected chi connectivity index (χ4v) is 4.68. The molecule has 7 nitrogen and oxygen atoms in total. The first kappa shape index (κ1) is 31.4. The second kappa shape index (κ2) is 15.1. The molecule has 0 radical (unpaired) electrons. The van der Waals surface area contributed by atoms with Crippen LogP contribution in [0.5, 0.6) is 0 Å². The number of hydrogen-bond acceptors (Lipinski definition) is 6. The number of amides is 1. The highest BCUT2D eigenvalue weighted by Gasteiger charge is 2.52. The van der Waals surface area contributed by atoms with E-state index in [2.05, 4.69) is 6.58 Å². The Kier molecular flexibility index (Phi) is 11.3. The molecule has 1 unspecified atom stereocenters. The van der Waals surface area contributed by atoms with E-state index in [-0.39, 0.29) is 19.8 Å². The number of benzene rings is 3. The van der Waals surface area contributed by atoms with Crippen molar-refractivity contribution < 1.29 is 41.7 Å². The summed E-state index contributed by atoms with van der Waals surface area (Å²) in [4.78, 5) is 12.0. The molecule has 1 aliphatic heterocycles. The molecule has 4 rings (SSSR count). The molecule has 0 aliphatic carbocycles. The number of alkyl halides is 3. The highest BCUT2D eigenvalue weighted by Crippen LogP contribution is 2.33. The van der Waals surface area contributed by atoms with Gasteiger partial charge in [-0.25, -0.2) is 0 Å². The van der Waals surface area contributed by atoms with Crippen LogP contribution in [-0.4, -0.2) is 55.9 Å². The zero-order valence-electron chi connectivity index (χ0n) is 23.1. The summed E-state index contributed by atoms with van der Waals surface area (Å²) in [5, 5.41) is 1.98. The predicted octanol–water partition coefficient (Wildman–Crippen LogP) is 5.35. The minimum Gasteiger partial charge on any atom is -0.368 e. The molecule has 3 aromatic carbocycles. The average Bonchev–Trinajstić information content (AvgIpc) is 3.01. The van der Waals surface area contributed by atoms with Gasteiger partial charge < -0.3 is 29.0 Å². The van der Waals surface area contributed by atoms with Crippen molar-refractivity contribution in [3.8, 4) is 0 Å². The summed E-state index contributed by atoms with van der Waals surface area (Å²) in [7, 11) is 1.40. The van der Waals surface area contributed by atoms with Gasteiger partial charge in [-0.1, -0.05) is 97.1 Å². The molecule has 1 aliphatic rings. The van der Waals surface area contributed by atoms with Gasteiger partial charge in [0.25, 0.3) is 0 Å². The Hall–Kier alpha value is -3.54. The van der Waals surface area contributed by atoms with Gasteiger partial charge in [0.1, 0.15) is 24.4 Å². The van der Waals surface area contributed by atoms with E-state index in [1.165, 1.54) is 13.2 Å². The molecule has 6 atom stereocenters. The predicted molar refractivity (Wildman–Crippen MR) is 149 cm³/mol. The van der Waals surface area contributed by atoms with Gasteiger partial charge in [-0.15, -0.1) is 6.58 Å². The number of carbonyl (C=O) groups excluding carboxylic acids is 1. The molecule has 42 heavy (non-hydrogen) atoms. The SMILES string of the molecule is C=CC(NC(=O)C(F)(F)F)[C@H]1O[C@H](OC)[C@H](OCc2ccccc2)[C@@H](OCc2ccccc2)[C@@H]1OCc1ccccc1. The first-order valence-corrected chi connectivity index (χ1v) is 13.4. The average molecular weight is 586 g/mol. The van der Waals surface area contributed by atoms with Crippen molar-refractivity contribution in [1.82, 2.24) is 5.32 Å². The summed E-state index contributed by atoms with van der Waals surface area (Å²) in [6, 6.07) is 26.8. The Morgan fingerprint density at radius 2 is 1.24 bits per heavy atom. The van der Waals surface area contributed by atoms with E-state index < -0.39 is 48.8 Å². The largest absolute Gasteiger partial charge is 0.471 e. The first-order valence-electron chi connectivity index (χ1n) is 13.4. The molecule has 0 saturated carbocycles. The summed E-state index contributed by atoms with van der Waals surface area (Å²) in [6.07, 6.45) is -8.90. The minimum atomic E-state index is -5.11. The fraction of sp³-hybridized carbons (Fsp3) is 0.344. The van der Waals surface area contributed by atoms with Crippen LogP contribution in [0, 0.1) is 0 Å². The fourth-order valence-electron chi connectivity index (χ4n) is 4.68. The lowest BCUT2D eigenvalue weighted by Crippen LogP contribution is -2.65. The van der Waals surface area contributed by atoms with Crippen molar-refractivity contribution in [3.05, 3.63) is 120 Å². The molecule has 10 heteroatoms. The number of hydrogen-bond donors (Lipinski definition) is 1. The lowest BCUT2D eigenvalue weighted by molar-refractivity contribution is -0.320. The van der Waals surface area contributed by atoms with Crippen molar-refractivity contribution in [3.63, 3.8) is 0 Å². The molecular formula is C32H34F3NO6. The molecule has 3 aromatic rings. The normalized spacial score (nSPS) is 23.2. The van der Waals surface area contributed by atoms with Gasteiger partial charge in [0, 0.05) is 7.11 Å². The maximum atomic E-state index is 13.2. The molecule has 0 aromatic heterocycles. The van der Waals surface area contributed by atoms with Crippen LogP contribution in [0.15, 0.2) is 104 Å². The molecule has 1 N–H and O–H groups in total. The highest BCUT2D eigenvalue weighted by molar-refractivity contribution is 5.82. The smallest absolute Gasteiger partial charge is 0.368 e. The second-order valence-corrected chi connectivity index (χ2v) is 9.72. The number of ether oxygens (including phenoxy) is 5. The van der Waals surface area contributed by atoms with E-state index >= 15 is 0 Å². The third-order valence-electron chi connectivity index (χ3n) is 6.78. The van der Waals surface area contributed by atoms with Crippen LogP contribution in [0.4, 0.5) is 13.2 Å². The van der Waals surface area contributed by atoms with Crippen molar-refractivity contribution in [1.29, 1.82) is 0 Å². The molecule has 0 spiro atoms. The second-order valence-electron chi connectivity index (χ2n) is 9.72. The van der Waals surface area contributed by atoms with Crippen LogP contribution < -0.4 is 5.32 Å². The van der Waals surface area contributed by atoms with E-state index in [0.717, 1.165) is 16.7 Å². The lowest BCUT2D eigenvalue weighted by atomic mass is 9.92. The Labute approximate surface area is 243 Å². The zero-order valence-corrected chi connectivity index (χ0v) is 23.1. The Bertz CT molecular complexity index is 1250. The van der Waals surface area contributed by atoms with Crippen LogP contribution in [0.1, 0.15) is 16.7 Å². The summed E-state index contributed by atoms with van der Waals surface area (Å²) in [5.74, 6) is -2.13. The lowest BCUT2D eigenvalue weighted by Gasteiger charge is -2.47. The number of carbonyl (C=O) groups is 1. The van der Waals surface area contributed by atoms with Crippen LogP contribution >= 0.6 is 0 Å². The van der Waals surface area contributed by atoms with Gasteiger partial charge in [0.2, 0.25) is 0 Å². The van der Waals surface area contributed by atoms with E-state index in [1.54, 1.807) is 0 Å². The molecule has 1 saturated heterocycles. The summed E-state index contributed by atoms with van der Waals surface area (Å²) >= 11 is 0. The van der Waals surface area contributed by atoms with Gasteiger partial charge in [-0.3, -0.25) is 4.79 Å². The maximum absolute atomic E-state index is 13.2. The van der Waals surface area contributed by atoms with Gasteiger partial charge in [-0.05, 0) is 16.7 Å². The number of halogens is 3. The summed E-state index contributed by atoms with van der Waals surface area (Å²) in [6.45, 7) is 4.09. The topological polar surface area (TPSA) is 75.3 Å². The molecule has 1 heterocycles. The van der Waals surface area contributed by atoms with E-state index in [1.807, 2.05) is 96.3 Å². The number of methoxy groups -OCH3 is 1. The van der Waals surface area contributed by atoms with Gasteiger partial charge >= 0.3 is 12.1 Å². The van der Waals surface area contributed by atoms with Crippen LogP contribution in [-0.2, 0) is 48.3 Å². The van der Waals surface area contributed by atoms with Gasteiger partial charge in [0.15, 0.2) is 6.29 Å². The van der Waals surface area contributed by atoms with Crippen LogP contribution in [0.3, 0.4) is 0 Å². The zero-order chi connectivity index (χ0) is 30.0. The van der Waals surface area contributed by atoms with E-state index in [4.69, 9.17) is 23.7 Å². The minimum absolute atomic E-state index is 0.0939. The molecule has 1 fully saturated rings. The van der Waals surface area contributed by atoms with Crippen molar-refractivity contribution in [2.75, 3.05) is 7.11 Å².